The molecule has 0 radical (unpaired) electrons. The summed E-state index contributed by atoms with van der Waals surface area (Å²) in [5.74, 6) is 0.529. The molecule has 2 nitrogen and oxygen atoms in total. The molecule has 1 unspecified atom stereocenters. The van der Waals surface area contributed by atoms with Gasteiger partial charge in [-0.25, -0.2) is 0 Å². The van der Waals surface area contributed by atoms with Crippen molar-refractivity contribution in [1.29, 1.82) is 0 Å². The zero-order valence-electron chi connectivity index (χ0n) is 9.94. The van der Waals surface area contributed by atoms with Gasteiger partial charge in [0, 0.05) is 0 Å². The number of likely N-dealkylation sites (tertiary alicyclic amines) is 1. The molecule has 1 fully saturated rings. The van der Waals surface area contributed by atoms with Crippen molar-refractivity contribution in [3.8, 4) is 0 Å². The fourth-order valence-electron chi connectivity index (χ4n) is 2.49. The van der Waals surface area contributed by atoms with E-state index in [1.807, 2.05) is 0 Å². The van der Waals surface area contributed by atoms with Crippen LogP contribution < -0.4 is 5.73 Å². The quantitative estimate of drug-likeness (QED) is 0.821. The fraction of sp³-hybridized carbons (Fsp3) is 0.571. The Labute approximate surface area is 98.4 Å². The van der Waals surface area contributed by atoms with Gasteiger partial charge in [-0.2, -0.15) is 0 Å². The molecule has 0 aromatic heterocycles. The van der Waals surface area contributed by atoms with Crippen molar-refractivity contribution >= 4 is 0 Å². The zero-order valence-corrected chi connectivity index (χ0v) is 9.94. The second kappa shape index (κ2) is 6.02. The molecule has 0 bridgehead atoms. The average Bonchev–Trinajstić information content (AvgIpc) is 2.84. The lowest BCUT2D eigenvalue weighted by Crippen LogP contribution is -2.24. The summed E-state index contributed by atoms with van der Waals surface area (Å²) in [7, 11) is 0. The van der Waals surface area contributed by atoms with Crippen LogP contribution >= 0.6 is 0 Å². The lowest BCUT2D eigenvalue weighted by atomic mass is 9.96. The molecule has 1 aliphatic rings. The van der Waals surface area contributed by atoms with Crippen molar-refractivity contribution in [3.05, 3.63) is 35.9 Å². The Kier molecular flexibility index (Phi) is 4.37. The van der Waals surface area contributed by atoms with Gasteiger partial charge < -0.3 is 10.6 Å². The molecule has 2 rings (SSSR count). The van der Waals surface area contributed by atoms with Crippen LogP contribution in [0.5, 0.6) is 0 Å². The van der Waals surface area contributed by atoms with Crippen LogP contribution in [-0.4, -0.2) is 31.1 Å². The van der Waals surface area contributed by atoms with E-state index in [0.29, 0.717) is 5.92 Å². The van der Waals surface area contributed by atoms with Crippen LogP contribution in [0.2, 0.25) is 0 Å². The molecule has 2 heteroatoms. The summed E-state index contributed by atoms with van der Waals surface area (Å²) in [6.07, 6.45) is 3.94. The summed E-state index contributed by atoms with van der Waals surface area (Å²) in [5, 5.41) is 0. The van der Waals surface area contributed by atoms with Crippen molar-refractivity contribution in [1.82, 2.24) is 4.90 Å². The number of nitrogens with two attached hydrogens (primary N) is 1. The van der Waals surface area contributed by atoms with Crippen LogP contribution in [0.1, 0.15) is 30.7 Å². The van der Waals surface area contributed by atoms with Crippen molar-refractivity contribution in [2.75, 3.05) is 26.2 Å². The maximum Gasteiger partial charge on any atom is -0.000776 e. The summed E-state index contributed by atoms with van der Waals surface area (Å²) in [4.78, 5) is 2.56. The monoisotopic (exact) mass is 218 g/mol. The van der Waals surface area contributed by atoms with Crippen LogP contribution in [0.25, 0.3) is 0 Å². The molecule has 0 spiro atoms. The van der Waals surface area contributed by atoms with E-state index < -0.39 is 0 Å². The number of nitrogens with zero attached hydrogens (tertiary/aromatic N) is 1. The highest BCUT2D eigenvalue weighted by molar-refractivity contribution is 5.19. The van der Waals surface area contributed by atoms with E-state index in [4.69, 9.17) is 5.73 Å². The van der Waals surface area contributed by atoms with Crippen LogP contribution in [-0.2, 0) is 0 Å². The Morgan fingerprint density at radius 3 is 2.44 bits per heavy atom. The zero-order chi connectivity index (χ0) is 11.2. The third-order valence-corrected chi connectivity index (χ3v) is 3.55. The topological polar surface area (TPSA) is 29.3 Å². The van der Waals surface area contributed by atoms with Gasteiger partial charge in [-0.1, -0.05) is 30.3 Å². The third-order valence-electron chi connectivity index (χ3n) is 3.55. The Hall–Kier alpha value is -0.860. The molecule has 1 aliphatic heterocycles. The lowest BCUT2D eigenvalue weighted by Gasteiger charge is -2.20. The van der Waals surface area contributed by atoms with Crippen LogP contribution in [0.15, 0.2) is 30.3 Å². The van der Waals surface area contributed by atoms with Gasteiger partial charge in [0.1, 0.15) is 0 Å². The number of hydrogen-bond donors (Lipinski definition) is 1. The molecule has 1 aromatic carbocycles. The van der Waals surface area contributed by atoms with Gasteiger partial charge in [-0.3, -0.25) is 0 Å². The lowest BCUT2D eigenvalue weighted by molar-refractivity contribution is 0.322. The Bertz CT molecular complexity index is 291. The first-order valence-corrected chi connectivity index (χ1v) is 6.37. The van der Waals surface area contributed by atoms with E-state index >= 15 is 0 Å². The predicted molar refractivity (Wildman–Crippen MR) is 68.5 cm³/mol. The van der Waals surface area contributed by atoms with E-state index in [2.05, 4.69) is 35.2 Å². The average molecular weight is 218 g/mol. The van der Waals surface area contributed by atoms with Crippen molar-refractivity contribution in [3.63, 3.8) is 0 Å². The van der Waals surface area contributed by atoms with E-state index in [1.165, 1.54) is 44.5 Å². The van der Waals surface area contributed by atoms with Gasteiger partial charge in [0.2, 0.25) is 0 Å². The van der Waals surface area contributed by atoms with Crippen molar-refractivity contribution < 1.29 is 0 Å². The van der Waals surface area contributed by atoms with Crippen molar-refractivity contribution in [2.24, 2.45) is 5.73 Å². The van der Waals surface area contributed by atoms with E-state index in [-0.39, 0.29) is 0 Å². The highest BCUT2D eigenvalue weighted by Crippen LogP contribution is 2.19. The van der Waals surface area contributed by atoms with Gasteiger partial charge in [0.15, 0.2) is 0 Å². The molecule has 0 amide bonds. The second-order valence-corrected chi connectivity index (χ2v) is 4.68. The Morgan fingerprint density at radius 1 is 1.12 bits per heavy atom. The van der Waals surface area contributed by atoms with E-state index in [1.54, 1.807) is 0 Å². The molecule has 1 heterocycles. The van der Waals surface area contributed by atoms with Crippen molar-refractivity contribution in [2.45, 2.75) is 25.2 Å². The summed E-state index contributed by atoms with van der Waals surface area (Å²) in [6, 6.07) is 10.7. The SMILES string of the molecule is NCC(CCN1CCCC1)c1ccccc1. The first-order valence-electron chi connectivity index (χ1n) is 6.37. The molecular weight excluding hydrogens is 196 g/mol. The number of rotatable bonds is 5. The maximum absolute atomic E-state index is 5.87. The van der Waals surface area contributed by atoms with Crippen LogP contribution in [0, 0.1) is 0 Å². The molecule has 0 saturated carbocycles. The molecular formula is C14H22N2. The van der Waals surface area contributed by atoms with Crippen LogP contribution in [0.4, 0.5) is 0 Å². The summed E-state index contributed by atoms with van der Waals surface area (Å²) < 4.78 is 0. The smallest absolute Gasteiger partial charge is 0.000776 e. The van der Waals surface area contributed by atoms with Gasteiger partial charge in [0.05, 0.1) is 0 Å². The number of hydrogen-bond acceptors (Lipinski definition) is 2. The van der Waals surface area contributed by atoms with E-state index in [9.17, 15) is 0 Å². The predicted octanol–water partition coefficient (Wildman–Crippen LogP) is 2.21. The molecule has 1 atom stereocenters. The van der Waals surface area contributed by atoms with Gasteiger partial charge in [-0.05, 0) is 56.9 Å². The maximum atomic E-state index is 5.87. The third kappa shape index (κ3) is 3.06. The summed E-state index contributed by atoms with van der Waals surface area (Å²) in [5.41, 5.74) is 7.26. The van der Waals surface area contributed by atoms with Gasteiger partial charge in [0.25, 0.3) is 0 Å². The molecule has 1 aromatic rings. The normalized spacial score (nSPS) is 18.8. The first kappa shape index (κ1) is 11.6. The highest BCUT2D eigenvalue weighted by Gasteiger charge is 2.14. The summed E-state index contributed by atoms with van der Waals surface area (Å²) in [6.45, 7) is 4.53. The summed E-state index contributed by atoms with van der Waals surface area (Å²) >= 11 is 0. The second-order valence-electron chi connectivity index (χ2n) is 4.68. The molecule has 2 N–H and O–H groups in total. The van der Waals surface area contributed by atoms with Gasteiger partial charge >= 0.3 is 0 Å². The minimum atomic E-state index is 0.529. The molecule has 88 valence electrons. The molecule has 16 heavy (non-hydrogen) atoms. The standard InChI is InChI=1S/C14H22N2/c15-12-14(13-6-2-1-3-7-13)8-11-16-9-4-5-10-16/h1-3,6-7,14H,4-5,8-12,15H2. The molecule has 1 saturated heterocycles. The fourth-order valence-corrected chi connectivity index (χ4v) is 2.49. The Morgan fingerprint density at radius 2 is 1.81 bits per heavy atom. The molecule has 0 aliphatic carbocycles. The highest BCUT2D eigenvalue weighted by atomic mass is 15.1. The van der Waals surface area contributed by atoms with E-state index in [0.717, 1.165) is 6.54 Å². The minimum absolute atomic E-state index is 0.529. The Balaban J connectivity index is 1.85. The van der Waals surface area contributed by atoms with Crippen LogP contribution in [0.3, 0.4) is 0 Å². The van der Waals surface area contributed by atoms with Gasteiger partial charge in [-0.15, -0.1) is 0 Å². The largest absolute Gasteiger partial charge is 0.330 e. The minimum Gasteiger partial charge on any atom is -0.330 e. The first-order chi connectivity index (χ1) is 7.90. The number of benzene rings is 1.